The van der Waals surface area contributed by atoms with Gasteiger partial charge in [-0.2, -0.15) is 18.3 Å². The summed E-state index contributed by atoms with van der Waals surface area (Å²) in [6.45, 7) is 4.67. The smallest absolute Gasteiger partial charge is 0.383 e. The molecule has 2 N–H and O–H groups in total. The van der Waals surface area contributed by atoms with Crippen LogP contribution in [0.5, 0.6) is 0 Å². The van der Waals surface area contributed by atoms with E-state index in [1.165, 1.54) is 31.2 Å². The van der Waals surface area contributed by atoms with Crippen molar-refractivity contribution in [3.63, 3.8) is 0 Å². The minimum absolute atomic E-state index is 0.370. The Bertz CT molecular complexity index is 986. The summed E-state index contributed by atoms with van der Waals surface area (Å²) in [6, 6.07) is 3.63. The number of halogens is 3. The number of ether oxygens (including phenoxy) is 1. The molecule has 4 fully saturated rings. The molecular weight excluding hydrogens is 407 g/mol. The van der Waals surface area contributed by atoms with Gasteiger partial charge in [-0.15, -0.1) is 0 Å². The van der Waals surface area contributed by atoms with Gasteiger partial charge in [0.05, 0.1) is 30.5 Å². The highest BCUT2D eigenvalue weighted by molar-refractivity contribution is 5.63. The van der Waals surface area contributed by atoms with E-state index in [0.29, 0.717) is 41.0 Å². The van der Waals surface area contributed by atoms with Crippen LogP contribution < -0.4 is 5.73 Å². The van der Waals surface area contributed by atoms with Crippen LogP contribution in [0, 0.1) is 17.8 Å². The highest BCUT2D eigenvalue weighted by Gasteiger charge is 2.58. The number of likely N-dealkylation sites (tertiary alicyclic amines) is 1. The Morgan fingerprint density at radius 2 is 1.87 bits per heavy atom. The van der Waals surface area contributed by atoms with Crippen LogP contribution in [-0.2, 0) is 17.5 Å². The van der Waals surface area contributed by atoms with Crippen molar-refractivity contribution in [2.24, 2.45) is 17.8 Å². The second kappa shape index (κ2) is 6.93. The lowest BCUT2D eigenvalue weighted by molar-refractivity contribution is -0.137. The van der Waals surface area contributed by atoms with Crippen molar-refractivity contribution in [2.45, 2.75) is 43.9 Å². The topological polar surface area (TPSA) is 69.2 Å². The van der Waals surface area contributed by atoms with E-state index in [0.717, 1.165) is 38.9 Å². The van der Waals surface area contributed by atoms with Crippen LogP contribution in [0.4, 0.5) is 19.0 Å². The zero-order valence-electron chi connectivity index (χ0n) is 17.2. The minimum Gasteiger partial charge on any atom is -0.383 e. The highest BCUT2D eigenvalue weighted by Crippen LogP contribution is 2.59. The second-order valence-electron chi connectivity index (χ2n) is 9.59. The number of hydrogen-bond donors (Lipinski definition) is 1. The fourth-order valence-electron chi connectivity index (χ4n) is 5.48. The number of fused-ring (bicyclic) bond motifs is 1. The normalized spacial score (nSPS) is 28.9. The molecule has 2 aliphatic heterocycles. The Morgan fingerprint density at radius 3 is 2.45 bits per heavy atom. The third kappa shape index (κ3) is 3.33. The Balaban J connectivity index is 1.29. The molecule has 0 spiro atoms. The van der Waals surface area contributed by atoms with Crippen LogP contribution in [0.2, 0.25) is 0 Å². The molecule has 2 saturated heterocycles. The third-order valence-corrected chi connectivity index (χ3v) is 7.69. The maximum Gasteiger partial charge on any atom is 0.419 e. The number of anilines is 1. The van der Waals surface area contributed by atoms with E-state index in [2.05, 4.69) is 14.6 Å². The molecule has 0 aromatic carbocycles. The molecule has 6 nitrogen and oxygen atoms in total. The number of nitrogen functional groups attached to an aromatic ring is 1. The molecule has 2 aliphatic carbocycles. The Labute approximate surface area is 178 Å². The first kappa shape index (κ1) is 19.5. The molecule has 0 amide bonds. The van der Waals surface area contributed by atoms with Gasteiger partial charge in [0, 0.05) is 43.0 Å². The summed E-state index contributed by atoms with van der Waals surface area (Å²) in [5.41, 5.74) is 6.68. The van der Waals surface area contributed by atoms with Gasteiger partial charge in [-0.05, 0) is 42.7 Å². The molecule has 2 aromatic rings. The monoisotopic (exact) mass is 433 g/mol. The van der Waals surface area contributed by atoms with Crippen molar-refractivity contribution in [3.05, 3.63) is 29.6 Å². The average molecular weight is 433 g/mol. The summed E-state index contributed by atoms with van der Waals surface area (Å²) in [7, 11) is 0. The van der Waals surface area contributed by atoms with E-state index in [1.54, 1.807) is 0 Å². The van der Waals surface area contributed by atoms with E-state index < -0.39 is 17.6 Å². The van der Waals surface area contributed by atoms with Crippen LogP contribution in [0.1, 0.15) is 36.4 Å². The molecule has 3 atom stereocenters. The van der Waals surface area contributed by atoms with Crippen molar-refractivity contribution < 1.29 is 17.9 Å². The molecule has 2 saturated carbocycles. The molecule has 0 radical (unpaired) electrons. The van der Waals surface area contributed by atoms with Crippen LogP contribution in [0.3, 0.4) is 0 Å². The molecule has 31 heavy (non-hydrogen) atoms. The first-order valence-electron chi connectivity index (χ1n) is 11.1. The van der Waals surface area contributed by atoms with Crippen LogP contribution >= 0.6 is 0 Å². The molecular formula is C22H26F3N5O. The third-order valence-electron chi connectivity index (χ3n) is 7.69. The predicted molar refractivity (Wildman–Crippen MR) is 108 cm³/mol. The SMILES string of the molecule is Nc1ncc(-c2cc(C3[C@H]4CN(C5COC5)C[C@@H]34)n(CC3CCC3)n2)cc1C(F)(F)F. The van der Waals surface area contributed by atoms with E-state index in [-0.39, 0.29) is 0 Å². The lowest BCUT2D eigenvalue weighted by Gasteiger charge is -2.36. The first-order chi connectivity index (χ1) is 14.9. The Hall–Kier alpha value is -2.13. The van der Waals surface area contributed by atoms with Crippen molar-refractivity contribution in [1.29, 1.82) is 0 Å². The quantitative estimate of drug-likeness (QED) is 0.783. The van der Waals surface area contributed by atoms with Crippen LogP contribution in [-0.4, -0.2) is 52.0 Å². The molecule has 6 rings (SSSR count). The van der Waals surface area contributed by atoms with Crippen molar-refractivity contribution in [3.8, 4) is 11.3 Å². The lowest BCUT2D eigenvalue weighted by Crippen LogP contribution is -2.48. The predicted octanol–water partition coefficient (Wildman–Crippen LogP) is 3.39. The summed E-state index contributed by atoms with van der Waals surface area (Å²) in [5.74, 6) is 1.79. The number of rotatable bonds is 5. The summed E-state index contributed by atoms with van der Waals surface area (Å²) < 4.78 is 47.4. The number of alkyl halides is 3. The summed E-state index contributed by atoms with van der Waals surface area (Å²) in [4.78, 5) is 6.33. The van der Waals surface area contributed by atoms with Crippen molar-refractivity contribution in [1.82, 2.24) is 19.7 Å². The average Bonchev–Trinajstić information content (AvgIpc) is 2.99. The maximum absolute atomic E-state index is 13.3. The summed E-state index contributed by atoms with van der Waals surface area (Å²) in [5, 5.41) is 4.76. The zero-order valence-corrected chi connectivity index (χ0v) is 17.2. The van der Waals surface area contributed by atoms with Gasteiger partial charge in [0.2, 0.25) is 0 Å². The molecule has 4 heterocycles. The van der Waals surface area contributed by atoms with Gasteiger partial charge < -0.3 is 10.5 Å². The van der Waals surface area contributed by atoms with Crippen LogP contribution in [0.15, 0.2) is 18.3 Å². The largest absolute Gasteiger partial charge is 0.419 e. The molecule has 0 bridgehead atoms. The number of hydrogen-bond acceptors (Lipinski definition) is 5. The Kier molecular flexibility index (Phi) is 4.37. The zero-order chi connectivity index (χ0) is 21.3. The molecule has 9 heteroatoms. The van der Waals surface area contributed by atoms with Crippen LogP contribution in [0.25, 0.3) is 11.3 Å². The number of aromatic nitrogens is 3. The first-order valence-corrected chi connectivity index (χ1v) is 11.1. The van der Waals surface area contributed by atoms with Gasteiger partial charge in [0.25, 0.3) is 0 Å². The highest BCUT2D eigenvalue weighted by atomic mass is 19.4. The number of pyridine rings is 1. The maximum atomic E-state index is 13.3. The van der Waals surface area contributed by atoms with Crippen molar-refractivity contribution >= 4 is 5.82 Å². The van der Waals surface area contributed by atoms with E-state index in [9.17, 15) is 13.2 Å². The molecule has 2 aromatic heterocycles. The summed E-state index contributed by atoms with van der Waals surface area (Å²) >= 11 is 0. The van der Waals surface area contributed by atoms with Gasteiger partial charge in [0.1, 0.15) is 5.82 Å². The number of nitrogens with zero attached hydrogens (tertiary/aromatic N) is 4. The van der Waals surface area contributed by atoms with E-state index in [1.807, 2.05) is 6.07 Å². The summed E-state index contributed by atoms with van der Waals surface area (Å²) in [6.07, 6.45) is 0.508. The van der Waals surface area contributed by atoms with Gasteiger partial charge in [0.15, 0.2) is 0 Å². The minimum atomic E-state index is -4.54. The molecule has 4 aliphatic rings. The number of nitrogens with two attached hydrogens (primary N) is 1. The van der Waals surface area contributed by atoms with Gasteiger partial charge in [-0.1, -0.05) is 6.42 Å². The fraction of sp³-hybridized carbons (Fsp3) is 0.636. The molecule has 1 unspecified atom stereocenters. The molecule has 166 valence electrons. The van der Waals surface area contributed by atoms with Gasteiger partial charge in [-0.3, -0.25) is 9.58 Å². The Morgan fingerprint density at radius 1 is 1.13 bits per heavy atom. The van der Waals surface area contributed by atoms with Crippen molar-refractivity contribution in [2.75, 3.05) is 32.0 Å². The second-order valence-corrected chi connectivity index (χ2v) is 9.59. The van der Waals surface area contributed by atoms with E-state index in [4.69, 9.17) is 15.6 Å². The van der Waals surface area contributed by atoms with Gasteiger partial charge in [-0.25, -0.2) is 4.98 Å². The number of piperidine rings is 1. The standard InChI is InChI=1S/C22H26F3N5O/c23-22(24,25)17-4-13(6-27-21(17)26)18-5-19(30(28-18)7-12-2-1-3-12)20-15-8-29(9-16(15)20)14-10-31-11-14/h4-6,12,14-16,20H,1-3,7-11H2,(H2,26,27)/t15-,16+,20?. The lowest BCUT2D eigenvalue weighted by atomic mass is 9.85. The van der Waals surface area contributed by atoms with Gasteiger partial charge >= 0.3 is 6.18 Å². The fourth-order valence-corrected chi connectivity index (χ4v) is 5.48. The van der Waals surface area contributed by atoms with E-state index >= 15 is 0 Å².